The first kappa shape index (κ1) is 20.8. The highest BCUT2D eigenvalue weighted by molar-refractivity contribution is 6.36. The van der Waals surface area contributed by atoms with E-state index in [0.29, 0.717) is 33.4 Å². The number of hydrogen-bond acceptors (Lipinski definition) is 3. The SMILES string of the molecule is Cn1ncc(Cl)c1-c1ccc(C(=O)N[C@@H]2CNCC[C@H]2c2cccc(F)c2)cc1Cl. The van der Waals surface area contributed by atoms with Crippen molar-refractivity contribution in [2.45, 2.75) is 18.4 Å². The first-order chi connectivity index (χ1) is 14.4. The minimum Gasteiger partial charge on any atom is -0.347 e. The predicted octanol–water partition coefficient (Wildman–Crippen LogP) is 4.41. The van der Waals surface area contributed by atoms with Crippen LogP contribution in [-0.4, -0.2) is 34.8 Å². The third-order valence-corrected chi connectivity index (χ3v) is 6.05. The van der Waals surface area contributed by atoms with Crippen LogP contribution in [-0.2, 0) is 7.05 Å². The molecular weight excluding hydrogens is 426 g/mol. The molecule has 1 aliphatic heterocycles. The van der Waals surface area contributed by atoms with Crippen molar-refractivity contribution in [1.82, 2.24) is 20.4 Å². The maximum atomic E-state index is 13.7. The number of carbonyl (C=O) groups excluding carboxylic acids is 1. The van der Waals surface area contributed by atoms with Gasteiger partial charge in [0.25, 0.3) is 5.91 Å². The van der Waals surface area contributed by atoms with Crippen molar-refractivity contribution < 1.29 is 9.18 Å². The lowest BCUT2D eigenvalue weighted by molar-refractivity contribution is 0.0924. The molecule has 0 unspecified atom stereocenters. The lowest BCUT2D eigenvalue weighted by Gasteiger charge is -2.33. The van der Waals surface area contributed by atoms with Crippen LogP contribution in [0.3, 0.4) is 0 Å². The van der Waals surface area contributed by atoms with Gasteiger partial charge >= 0.3 is 0 Å². The summed E-state index contributed by atoms with van der Waals surface area (Å²) in [5.74, 6) is -0.462. The average molecular weight is 447 g/mol. The third kappa shape index (κ3) is 4.21. The number of nitrogens with one attached hydrogen (secondary N) is 2. The summed E-state index contributed by atoms with van der Waals surface area (Å²) in [7, 11) is 1.78. The molecule has 0 saturated carbocycles. The van der Waals surface area contributed by atoms with Gasteiger partial charge in [0.15, 0.2) is 0 Å². The van der Waals surface area contributed by atoms with E-state index in [1.165, 1.54) is 6.07 Å². The molecule has 1 aliphatic rings. The van der Waals surface area contributed by atoms with E-state index in [4.69, 9.17) is 23.2 Å². The monoisotopic (exact) mass is 446 g/mol. The van der Waals surface area contributed by atoms with Crippen molar-refractivity contribution in [2.75, 3.05) is 13.1 Å². The van der Waals surface area contributed by atoms with Crippen LogP contribution < -0.4 is 10.6 Å². The van der Waals surface area contributed by atoms with Gasteiger partial charge in [0, 0.05) is 36.7 Å². The van der Waals surface area contributed by atoms with E-state index < -0.39 is 0 Å². The summed E-state index contributed by atoms with van der Waals surface area (Å²) in [5.41, 5.74) is 2.73. The van der Waals surface area contributed by atoms with Gasteiger partial charge in [-0.1, -0.05) is 41.4 Å². The minimum absolute atomic E-state index is 0.0360. The van der Waals surface area contributed by atoms with Crippen molar-refractivity contribution >= 4 is 29.1 Å². The van der Waals surface area contributed by atoms with Crippen molar-refractivity contribution in [1.29, 1.82) is 0 Å². The van der Waals surface area contributed by atoms with E-state index in [-0.39, 0.29) is 23.7 Å². The van der Waals surface area contributed by atoms with Crippen molar-refractivity contribution in [2.24, 2.45) is 7.05 Å². The molecule has 2 aromatic carbocycles. The summed E-state index contributed by atoms with van der Waals surface area (Å²) in [6.45, 7) is 1.43. The lowest BCUT2D eigenvalue weighted by Crippen LogP contribution is -2.50. The number of hydrogen-bond donors (Lipinski definition) is 2. The Labute approximate surface area is 184 Å². The van der Waals surface area contributed by atoms with Gasteiger partial charge < -0.3 is 10.6 Å². The van der Waals surface area contributed by atoms with E-state index in [9.17, 15) is 9.18 Å². The highest BCUT2D eigenvalue weighted by atomic mass is 35.5. The Balaban J connectivity index is 1.55. The number of carbonyl (C=O) groups is 1. The van der Waals surface area contributed by atoms with E-state index in [2.05, 4.69) is 15.7 Å². The Morgan fingerprint density at radius 2 is 2.07 bits per heavy atom. The largest absolute Gasteiger partial charge is 0.347 e. The molecule has 1 fully saturated rings. The number of rotatable bonds is 4. The number of aryl methyl sites for hydroxylation is 1. The van der Waals surface area contributed by atoms with Crippen LogP contribution in [0.25, 0.3) is 11.3 Å². The second-order valence-electron chi connectivity index (χ2n) is 7.39. The van der Waals surface area contributed by atoms with Gasteiger partial charge in [-0.15, -0.1) is 0 Å². The molecule has 0 bridgehead atoms. The fourth-order valence-corrected chi connectivity index (χ4v) is 4.50. The van der Waals surface area contributed by atoms with Crippen LogP contribution in [0.4, 0.5) is 4.39 Å². The summed E-state index contributed by atoms with van der Waals surface area (Å²) in [6, 6.07) is 11.5. The molecule has 1 aromatic heterocycles. The maximum absolute atomic E-state index is 13.7. The number of amides is 1. The van der Waals surface area contributed by atoms with E-state index in [1.54, 1.807) is 48.3 Å². The fraction of sp³-hybridized carbons (Fsp3) is 0.273. The number of nitrogens with zero attached hydrogens (tertiary/aromatic N) is 2. The van der Waals surface area contributed by atoms with Crippen LogP contribution in [0.15, 0.2) is 48.7 Å². The Morgan fingerprint density at radius 1 is 1.23 bits per heavy atom. The number of aromatic nitrogens is 2. The standard InChI is InChI=1S/C22H21Cl2FN4O/c1-29-21(19(24)11-27-29)17-6-5-14(10-18(17)23)22(30)28-20-12-26-8-7-16(20)13-3-2-4-15(25)9-13/h2-6,9-11,16,20,26H,7-8,12H2,1H3,(H,28,30)/t16-,20+/m0/s1. The van der Waals surface area contributed by atoms with Crippen LogP contribution in [0, 0.1) is 5.82 Å². The van der Waals surface area contributed by atoms with E-state index >= 15 is 0 Å². The van der Waals surface area contributed by atoms with Crippen LogP contribution in [0.5, 0.6) is 0 Å². The number of halogens is 3. The Kier molecular flexibility index (Phi) is 6.09. The fourth-order valence-electron chi connectivity index (χ4n) is 3.96. The summed E-state index contributed by atoms with van der Waals surface area (Å²) >= 11 is 12.7. The summed E-state index contributed by atoms with van der Waals surface area (Å²) in [6.07, 6.45) is 2.36. The second-order valence-corrected chi connectivity index (χ2v) is 8.21. The normalized spacial score (nSPS) is 18.9. The zero-order valence-electron chi connectivity index (χ0n) is 16.3. The first-order valence-corrected chi connectivity index (χ1v) is 10.4. The van der Waals surface area contributed by atoms with Crippen molar-refractivity contribution in [3.63, 3.8) is 0 Å². The first-order valence-electron chi connectivity index (χ1n) is 9.68. The number of piperidine rings is 1. The quantitative estimate of drug-likeness (QED) is 0.623. The molecule has 1 saturated heterocycles. The molecule has 0 aliphatic carbocycles. The molecule has 5 nitrogen and oxygen atoms in total. The minimum atomic E-state index is -0.271. The smallest absolute Gasteiger partial charge is 0.251 e. The molecule has 8 heteroatoms. The summed E-state index contributed by atoms with van der Waals surface area (Å²) in [4.78, 5) is 12.9. The molecule has 30 heavy (non-hydrogen) atoms. The van der Waals surface area contributed by atoms with E-state index in [0.717, 1.165) is 18.5 Å². The molecule has 2 heterocycles. The van der Waals surface area contributed by atoms with Gasteiger partial charge in [0.05, 0.1) is 21.9 Å². The van der Waals surface area contributed by atoms with Crippen LogP contribution in [0.1, 0.15) is 28.3 Å². The summed E-state index contributed by atoms with van der Waals surface area (Å²) < 4.78 is 15.3. The van der Waals surface area contributed by atoms with Crippen molar-refractivity contribution in [3.8, 4) is 11.3 Å². The maximum Gasteiger partial charge on any atom is 0.251 e. The van der Waals surface area contributed by atoms with Crippen molar-refractivity contribution in [3.05, 3.63) is 75.7 Å². The lowest BCUT2D eigenvalue weighted by atomic mass is 9.86. The zero-order chi connectivity index (χ0) is 21.3. The zero-order valence-corrected chi connectivity index (χ0v) is 17.8. The van der Waals surface area contributed by atoms with Gasteiger partial charge in [0.2, 0.25) is 0 Å². The van der Waals surface area contributed by atoms with Crippen LogP contribution >= 0.6 is 23.2 Å². The Hall–Kier alpha value is -2.41. The van der Waals surface area contributed by atoms with Gasteiger partial charge in [0.1, 0.15) is 5.82 Å². The third-order valence-electron chi connectivity index (χ3n) is 5.46. The molecule has 156 valence electrons. The predicted molar refractivity (Wildman–Crippen MR) is 117 cm³/mol. The molecule has 2 atom stereocenters. The average Bonchev–Trinajstić information content (AvgIpc) is 3.06. The second kappa shape index (κ2) is 8.76. The topological polar surface area (TPSA) is 59.0 Å². The molecule has 2 N–H and O–H groups in total. The highest BCUT2D eigenvalue weighted by Gasteiger charge is 2.28. The molecule has 0 radical (unpaired) electrons. The molecule has 1 amide bonds. The van der Waals surface area contributed by atoms with Gasteiger partial charge in [-0.2, -0.15) is 5.10 Å². The van der Waals surface area contributed by atoms with Crippen LogP contribution in [0.2, 0.25) is 10.0 Å². The molecular formula is C22H21Cl2FN4O. The highest BCUT2D eigenvalue weighted by Crippen LogP contribution is 2.33. The Bertz CT molecular complexity index is 1070. The molecule has 3 aromatic rings. The Morgan fingerprint density at radius 3 is 2.77 bits per heavy atom. The van der Waals surface area contributed by atoms with Gasteiger partial charge in [-0.25, -0.2) is 4.39 Å². The summed E-state index contributed by atoms with van der Waals surface area (Å²) in [5, 5.41) is 11.4. The van der Waals surface area contributed by atoms with Gasteiger partial charge in [-0.05, 0) is 42.8 Å². The number of benzene rings is 2. The van der Waals surface area contributed by atoms with Gasteiger partial charge in [-0.3, -0.25) is 9.48 Å². The van der Waals surface area contributed by atoms with E-state index in [1.807, 2.05) is 6.07 Å². The molecule has 4 rings (SSSR count). The molecule has 0 spiro atoms.